The van der Waals surface area contributed by atoms with Crippen LogP contribution in [0.25, 0.3) is 0 Å². The van der Waals surface area contributed by atoms with E-state index in [2.05, 4.69) is 4.74 Å². The Hall–Kier alpha value is -0.320. The van der Waals surface area contributed by atoms with Gasteiger partial charge in [-0.1, -0.05) is 57.8 Å². The summed E-state index contributed by atoms with van der Waals surface area (Å²) >= 11 is 0. The van der Waals surface area contributed by atoms with Crippen LogP contribution in [0.1, 0.15) is 89.9 Å². The van der Waals surface area contributed by atoms with Crippen LogP contribution in [0.3, 0.4) is 0 Å². The molecule has 3 saturated carbocycles. The molecule has 3 fully saturated rings. The smallest absolute Gasteiger partial charge is 0.286 e. The lowest BCUT2D eigenvalue weighted by Gasteiger charge is -2.39. The Balaban J connectivity index is 1.36. The van der Waals surface area contributed by atoms with Crippen LogP contribution in [-0.4, -0.2) is 18.6 Å². The minimum Gasteiger partial charge on any atom is -0.286 e. The van der Waals surface area contributed by atoms with E-state index in [0.29, 0.717) is 12.3 Å². The quantitative estimate of drug-likeness (QED) is 0.460. The van der Waals surface area contributed by atoms with Crippen LogP contribution in [-0.2, 0) is 4.74 Å². The first-order valence-corrected chi connectivity index (χ1v) is 10.8. The Morgan fingerprint density at radius 3 is 1.85 bits per heavy atom. The van der Waals surface area contributed by atoms with Crippen LogP contribution in [0, 0.1) is 23.7 Å². The van der Waals surface area contributed by atoms with Crippen molar-refractivity contribution in [3.63, 3.8) is 0 Å². The van der Waals surface area contributed by atoms with Crippen LogP contribution in [0.2, 0.25) is 0 Å². The van der Waals surface area contributed by atoms with Gasteiger partial charge in [-0.05, 0) is 55.8 Å². The molecule has 0 aromatic carbocycles. The molecule has 3 aliphatic carbocycles. The second kappa shape index (κ2) is 9.25. The molecule has 0 heterocycles. The highest BCUT2D eigenvalue weighted by Crippen LogP contribution is 2.43. The van der Waals surface area contributed by atoms with E-state index in [4.69, 9.17) is 0 Å². The minimum absolute atomic E-state index is 0.201. The van der Waals surface area contributed by atoms with Crippen molar-refractivity contribution in [2.75, 3.05) is 0 Å². The molecule has 26 heavy (non-hydrogen) atoms. The average Bonchev–Trinajstić information content (AvgIpc) is 2.62. The molecule has 0 aliphatic heterocycles. The van der Waals surface area contributed by atoms with Gasteiger partial charge in [-0.25, -0.2) is 4.39 Å². The Labute approximate surface area is 155 Å². The van der Waals surface area contributed by atoms with Crippen molar-refractivity contribution in [3.05, 3.63) is 0 Å². The van der Waals surface area contributed by atoms with E-state index in [0.717, 1.165) is 24.7 Å². The number of ether oxygens (including phenoxy) is 1. The first-order chi connectivity index (χ1) is 12.4. The van der Waals surface area contributed by atoms with Gasteiger partial charge in [0, 0.05) is 0 Å². The van der Waals surface area contributed by atoms with Gasteiger partial charge >= 0.3 is 6.36 Å². The first-order valence-electron chi connectivity index (χ1n) is 10.8. The van der Waals surface area contributed by atoms with Gasteiger partial charge in [0.25, 0.3) is 0 Å². The van der Waals surface area contributed by atoms with Crippen LogP contribution in [0.15, 0.2) is 0 Å². The lowest BCUT2D eigenvalue weighted by molar-refractivity contribution is -0.352. The fourth-order valence-corrected chi connectivity index (χ4v) is 5.75. The maximum Gasteiger partial charge on any atom is 0.522 e. The molecule has 3 rings (SSSR count). The first kappa shape index (κ1) is 20.4. The van der Waals surface area contributed by atoms with Crippen molar-refractivity contribution < 1.29 is 22.3 Å². The predicted molar refractivity (Wildman–Crippen MR) is 94.4 cm³/mol. The highest BCUT2D eigenvalue weighted by molar-refractivity contribution is 4.87. The highest BCUT2D eigenvalue weighted by Gasteiger charge is 2.42. The SMILES string of the molecule is FC1CC(C2CCC(CCC3CCCCC3)CC2)CCC1OC(F)(F)F. The third-order valence-electron chi connectivity index (χ3n) is 7.30. The molecule has 0 bridgehead atoms. The Kier molecular flexibility index (Phi) is 7.26. The predicted octanol–water partition coefficient (Wildman–Crippen LogP) is 7.20. The molecule has 0 aromatic rings. The second-order valence-electron chi connectivity index (χ2n) is 9.05. The minimum atomic E-state index is -4.72. The van der Waals surface area contributed by atoms with Gasteiger partial charge in [-0.2, -0.15) is 0 Å². The normalized spacial score (nSPS) is 37.6. The van der Waals surface area contributed by atoms with Crippen LogP contribution < -0.4 is 0 Å². The molecule has 5 heteroatoms. The molecule has 3 aliphatic rings. The molecule has 0 amide bonds. The van der Waals surface area contributed by atoms with E-state index in [-0.39, 0.29) is 18.8 Å². The van der Waals surface area contributed by atoms with Gasteiger partial charge in [0.05, 0.1) is 6.10 Å². The summed E-state index contributed by atoms with van der Waals surface area (Å²) in [5.41, 5.74) is 0. The molecule has 3 atom stereocenters. The molecule has 0 spiro atoms. The number of alkyl halides is 4. The number of hydrogen-bond acceptors (Lipinski definition) is 1. The van der Waals surface area contributed by atoms with Crippen LogP contribution in [0.4, 0.5) is 17.6 Å². The van der Waals surface area contributed by atoms with Crippen LogP contribution in [0.5, 0.6) is 0 Å². The van der Waals surface area contributed by atoms with Crippen molar-refractivity contribution in [3.8, 4) is 0 Å². The molecular formula is C21H34F4O. The summed E-state index contributed by atoms with van der Waals surface area (Å²) in [6.45, 7) is 0. The van der Waals surface area contributed by atoms with E-state index in [1.54, 1.807) is 0 Å². The van der Waals surface area contributed by atoms with E-state index in [1.165, 1.54) is 57.8 Å². The molecule has 0 N–H and O–H groups in total. The van der Waals surface area contributed by atoms with Crippen molar-refractivity contribution in [2.45, 2.75) is 109 Å². The Morgan fingerprint density at radius 2 is 1.27 bits per heavy atom. The standard InChI is InChI=1S/C21H34F4O/c22-19-14-18(12-13-20(19)26-21(23,24)25)17-10-8-16(9-11-17)7-6-15-4-2-1-3-5-15/h15-20H,1-14H2. The lowest BCUT2D eigenvalue weighted by atomic mass is 9.69. The maximum absolute atomic E-state index is 14.2. The molecule has 0 aromatic heterocycles. The largest absolute Gasteiger partial charge is 0.522 e. The monoisotopic (exact) mass is 378 g/mol. The van der Waals surface area contributed by atoms with E-state index in [9.17, 15) is 17.6 Å². The summed E-state index contributed by atoms with van der Waals surface area (Å²) in [7, 11) is 0. The summed E-state index contributed by atoms with van der Waals surface area (Å²) < 4.78 is 55.1. The second-order valence-corrected chi connectivity index (χ2v) is 9.05. The van der Waals surface area contributed by atoms with Crippen molar-refractivity contribution >= 4 is 0 Å². The zero-order chi connectivity index (χ0) is 18.6. The van der Waals surface area contributed by atoms with Crippen molar-refractivity contribution in [2.24, 2.45) is 23.7 Å². The summed E-state index contributed by atoms with van der Waals surface area (Å²) in [6.07, 6.45) is 8.14. The van der Waals surface area contributed by atoms with Gasteiger partial charge in [-0.3, -0.25) is 4.74 Å². The molecule has 1 nitrogen and oxygen atoms in total. The molecule has 3 unspecified atom stereocenters. The third-order valence-corrected chi connectivity index (χ3v) is 7.30. The maximum atomic E-state index is 14.2. The average molecular weight is 378 g/mol. The third kappa shape index (κ3) is 6.10. The van der Waals surface area contributed by atoms with Gasteiger partial charge in [0.15, 0.2) is 0 Å². The molecule has 0 saturated heterocycles. The van der Waals surface area contributed by atoms with Gasteiger partial charge in [0.1, 0.15) is 6.17 Å². The van der Waals surface area contributed by atoms with E-state index in [1.807, 2.05) is 0 Å². The number of hydrogen-bond donors (Lipinski definition) is 0. The highest BCUT2D eigenvalue weighted by atomic mass is 19.4. The lowest BCUT2D eigenvalue weighted by Crippen LogP contribution is -2.39. The Morgan fingerprint density at radius 1 is 0.692 bits per heavy atom. The number of halogens is 4. The van der Waals surface area contributed by atoms with Crippen LogP contribution >= 0.6 is 0 Å². The fraction of sp³-hybridized carbons (Fsp3) is 1.00. The molecular weight excluding hydrogens is 344 g/mol. The number of rotatable bonds is 5. The Bertz CT molecular complexity index is 411. The zero-order valence-electron chi connectivity index (χ0n) is 15.8. The van der Waals surface area contributed by atoms with Gasteiger partial charge < -0.3 is 0 Å². The fourth-order valence-electron chi connectivity index (χ4n) is 5.75. The molecule has 152 valence electrons. The van der Waals surface area contributed by atoms with Crippen molar-refractivity contribution in [1.29, 1.82) is 0 Å². The zero-order valence-corrected chi connectivity index (χ0v) is 15.8. The molecule has 0 radical (unpaired) electrons. The summed E-state index contributed by atoms with van der Waals surface area (Å²) in [5.74, 6) is 2.51. The van der Waals surface area contributed by atoms with Crippen molar-refractivity contribution in [1.82, 2.24) is 0 Å². The summed E-state index contributed by atoms with van der Waals surface area (Å²) in [5, 5.41) is 0. The summed E-state index contributed by atoms with van der Waals surface area (Å²) in [4.78, 5) is 0. The summed E-state index contributed by atoms with van der Waals surface area (Å²) in [6, 6.07) is 0. The topological polar surface area (TPSA) is 9.23 Å². The van der Waals surface area contributed by atoms with Gasteiger partial charge in [0.2, 0.25) is 0 Å². The van der Waals surface area contributed by atoms with Gasteiger partial charge in [-0.15, -0.1) is 13.2 Å². The van der Waals surface area contributed by atoms with E-state index >= 15 is 0 Å². The van der Waals surface area contributed by atoms with E-state index < -0.39 is 18.6 Å².